The molecule has 1 amide bonds. The van der Waals surface area contributed by atoms with Crippen molar-refractivity contribution in [3.63, 3.8) is 0 Å². The average Bonchev–Trinajstić information content (AvgIpc) is 2.83. The number of hydrogen-bond donors (Lipinski definition) is 1. The molecule has 33 heavy (non-hydrogen) atoms. The van der Waals surface area contributed by atoms with E-state index in [-0.39, 0.29) is 24.6 Å². The van der Waals surface area contributed by atoms with Crippen LogP contribution in [0.15, 0.2) is 65.7 Å². The Morgan fingerprint density at radius 3 is 2.58 bits per heavy atom. The molecule has 1 aromatic heterocycles. The SMILES string of the molecule is CCOC(=O)c1ccccc1NC(=O)COc1cc(CSc2ccc(F)cc2)ncc1OC. The number of nitrogens with one attached hydrogen (secondary N) is 1. The number of para-hydroxylation sites is 1. The second kappa shape index (κ2) is 11.9. The summed E-state index contributed by atoms with van der Waals surface area (Å²) in [5.41, 5.74) is 1.30. The minimum atomic E-state index is -0.520. The topological polar surface area (TPSA) is 86.8 Å². The average molecular weight is 471 g/mol. The minimum Gasteiger partial charge on any atom is -0.491 e. The van der Waals surface area contributed by atoms with Crippen LogP contribution in [0.2, 0.25) is 0 Å². The Labute approximate surface area is 195 Å². The van der Waals surface area contributed by atoms with Crippen molar-refractivity contribution in [1.29, 1.82) is 0 Å². The van der Waals surface area contributed by atoms with Gasteiger partial charge in [0, 0.05) is 16.7 Å². The van der Waals surface area contributed by atoms with Gasteiger partial charge in [0.2, 0.25) is 0 Å². The summed E-state index contributed by atoms with van der Waals surface area (Å²) in [7, 11) is 1.48. The molecule has 0 aliphatic rings. The second-order valence-electron chi connectivity index (χ2n) is 6.67. The summed E-state index contributed by atoms with van der Waals surface area (Å²) in [6.07, 6.45) is 1.52. The lowest BCUT2D eigenvalue weighted by molar-refractivity contribution is -0.118. The largest absolute Gasteiger partial charge is 0.491 e. The smallest absolute Gasteiger partial charge is 0.340 e. The third-order valence-electron chi connectivity index (χ3n) is 4.36. The molecule has 7 nitrogen and oxygen atoms in total. The van der Waals surface area contributed by atoms with E-state index in [9.17, 15) is 14.0 Å². The molecule has 1 heterocycles. The third kappa shape index (κ3) is 6.95. The summed E-state index contributed by atoms with van der Waals surface area (Å²) in [5.74, 6) is -0.00575. The van der Waals surface area contributed by atoms with Gasteiger partial charge in [-0.25, -0.2) is 9.18 Å². The van der Waals surface area contributed by atoms with Gasteiger partial charge in [-0.15, -0.1) is 11.8 Å². The van der Waals surface area contributed by atoms with Crippen LogP contribution in [0, 0.1) is 5.82 Å². The normalized spacial score (nSPS) is 10.4. The van der Waals surface area contributed by atoms with Crippen molar-refractivity contribution in [3.8, 4) is 11.5 Å². The molecule has 0 radical (unpaired) electrons. The molecule has 3 aromatic rings. The Morgan fingerprint density at radius 2 is 1.85 bits per heavy atom. The van der Waals surface area contributed by atoms with Crippen LogP contribution >= 0.6 is 11.8 Å². The molecule has 0 aliphatic heterocycles. The lowest BCUT2D eigenvalue weighted by Gasteiger charge is -2.13. The Kier molecular flexibility index (Phi) is 8.65. The summed E-state index contributed by atoms with van der Waals surface area (Å²) >= 11 is 1.49. The lowest BCUT2D eigenvalue weighted by Crippen LogP contribution is -2.22. The van der Waals surface area contributed by atoms with Crippen molar-refractivity contribution in [1.82, 2.24) is 4.98 Å². The molecule has 1 N–H and O–H groups in total. The van der Waals surface area contributed by atoms with Crippen LogP contribution in [0.3, 0.4) is 0 Å². The predicted octanol–water partition coefficient (Wildman–Crippen LogP) is 4.72. The number of ether oxygens (including phenoxy) is 3. The van der Waals surface area contributed by atoms with Gasteiger partial charge in [-0.1, -0.05) is 12.1 Å². The quantitative estimate of drug-likeness (QED) is 0.339. The first-order valence-corrected chi connectivity index (χ1v) is 11.1. The van der Waals surface area contributed by atoms with Crippen molar-refractivity contribution in [2.75, 3.05) is 25.6 Å². The molecular weight excluding hydrogens is 447 g/mol. The highest BCUT2D eigenvalue weighted by Crippen LogP contribution is 2.29. The number of aromatic nitrogens is 1. The van der Waals surface area contributed by atoms with Gasteiger partial charge in [0.05, 0.1) is 36.9 Å². The van der Waals surface area contributed by atoms with Crippen LogP contribution in [0.4, 0.5) is 10.1 Å². The number of halogens is 1. The van der Waals surface area contributed by atoms with Gasteiger partial charge in [-0.2, -0.15) is 0 Å². The number of carbonyl (C=O) groups is 2. The zero-order chi connectivity index (χ0) is 23.6. The first kappa shape index (κ1) is 24.1. The van der Waals surface area contributed by atoms with Gasteiger partial charge >= 0.3 is 5.97 Å². The summed E-state index contributed by atoms with van der Waals surface area (Å²) in [6, 6.07) is 14.5. The molecular formula is C24H23FN2O5S. The van der Waals surface area contributed by atoms with Crippen LogP contribution in [0.25, 0.3) is 0 Å². The molecule has 3 rings (SSSR count). The Balaban J connectivity index is 1.63. The number of benzene rings is 2. The second-order valence-corrected chi connectivity index (χ2v) is 7.72. The molecule has 0 aliphatic carbocycles. The zero-order valence-corrected chi connectivity index (χ0v) is 19.0. The number of hydrogen-bond acceptors (Lipinski definition) is 7. The van der Waals surface area contributed by atoms with E-state index in [0.29, 0.717) is 28.6 Å². The van der Waals surface area contributed by atoms with E-state index in [4.69, 9.17) is 14.2 Å². The first-order valence-electron chi connectivity index (χ1n) is 10.1. The van der Waals surface area contributed by atoms with Crippen molar-refractivity contribution >= 4 is 29.3 Å². The van der Waals surface area contributed by atoms with E-state index in [0.717, 1.165) is 4.90 Å². The summed E-state index contributed by atoms with van der Waals surface area (Å²) in [5, 5.41) is 2.67. The molecule has 0 atom stereocenters. The third-order valence-corrected chi connectivity index (χ3v) is 5.41. The van der Waals surface area contributed by atoms with Gasteiger partial charge in [0.25, 0.3) is 5.91 Å². The van der Waals surface area contributed by atoms with Gasteiger partial charge in [0.1, 0.15) is 5.82 Å². The monoisotopic (exact) mass is 470 g/mol. The maximum Gasteiger partial charge on any atom is 0.340 e. The number of nitrogens with zero attached hydrogens (tertiary/aromatic N) is 1. The van der Waals surface area contributed by atoms with Gasteiger partial charge < -0.3 is 19.5 Å². The number of pyridine rings is 1. The van der Waals surface area contributed by atoms with Crippen LogP contribution in [0.5, 0.6) is 11.5 Å². The van der Waals surface area contributed by atoms with Crippen LogP contribution in [0.1, 0.15) is 23.0 Å². The fraction of sp³-hybridized carbons (Fsp3) is 0.208. The molecule has 0 unspecified atom stereocenters. The number of amides is 1. The number of rotatable bonds is 10. The Bertz CT molecular complexity index is 1110. The molecule has 0 saturated carbocycles. The lowest BCUT2D eigenvalue weighted by atomic mass is 10.2. The van der Waals surface area contributed by atoms with Gasteiger partial charge in [-0.3, -0.25) is 9.78 Å². The van der Waals surface area contributed by atoms with E-state index in [2.05, 4.69) is 10.3 Å². The molecule has 0 bridgehead atoms. The molecule has 2 aromatic carbocycles. The van der Waals surface area contributed by atoms with Crippen molar-refractivity contribution in [3.05, 3.63) is 77.9 Å². The molecule has 172 valence electrons. The Morgan fingerprint density at radius 1 is 1.09 bits per heavy atom. The number of thioether (sulfide) groups is 1. The Hall–Kier alpha value is -3.59. The highest BCUT2D eigenvalue weighted by Gasteiger charge is 2.15. The number of esters is 1. The summed E-state index contributed by atoms with van der Waals surface area (Å²) in [6.45, 7) is 1.64. The van der Waals surface area contributed by atoms with Gasteiger partial charge in [-0.05, 0) is 43.3 Å². The van der Waals surface area contributed by atoms with Crippen LogP contribution < -0.4 is 14.8 Å². The summed E-state index contributed by atoms with van der Waals surface area (Å²) in [4.78, 5) is 29.8. The number of methoxy groups -OCH3 is 1. The van der Waals surface area contributed by atoms with Crippen LogP contribution in [-0.2, 0) is 15.3 Å². The minimum absolute atomic E-state index is 0.230. The van der Waals surface area contributed by atoms with Gasteiger partial charge in [0.15, 0.2) is 18.1 Å². The highest BCUT2D eigenvalue weighted by molar-refractivity contribution is 7.98. The molecule has 0 spiro atoms. The van der Waals surface area contributed by atoms with E-state index in [1.54, 1.807) is 49.4 Å². The van der Waals surface area contributed by atoms with Crippen LogP contribution in [-0.4, -0.2) is 37.2 Å². The maximum absolute atomic E-state index is 13.1. The van der Waals surface area contributed by atoms with E-state index < -0.39 is 11.9 Å². The van der Waals surface area contributed by atoms with Crippen molar-refractivity contribution in [2.24, 2.45) is 0 Å². The first-order chi connectivity index (χ1) is 16.0. The van der Waals surface area contributed by atoms with Crippen molar-refractivity contribution < 1.29 is 28.2 Å². The molecule has 0 saturated heterocycles. The van der Waals surface area contributed by atoms with Crippen molar-refractivity contribution in [2.45, 2.75) is 17.6 Å². The number of anilines is 1. The predicted molar refractivity (Wildman–Crippen MR) is 123 cm³/mol. The molecule has 9 heteroatoms. The fourth-order valence-corrected chi connectivity index (χ4v) is 3.61. The number of carbonyl (C=O) groups excluding carboxylic acids is 2. The highest BCUT2D eigenvalue weighted by atomic mass is 32.2. The zero-order valence-electron chi connectivity index (χ0n) is 18.2. The van der Waals surface area contributed by atoms with E-state index in [1.165, 1.54) is 37.2 Å². The fourth-order valence-electron chi connectivity index (χ4n) is 2.81. The summed E-state index contributed by atoms with van der Waals surface area (Å²) < 4.78 is 29.0. The molecule has 0 fully saturated rings. The maximum atomic E-state index is 13.1. The van der Waals surface area contributed by atoms with E-state index in [1.807, 2.05) is 0 Å². The standard InChI is InChI=1S/C24H23FN2O5S/c1-3-31-24(29)19-6-4-5-7-20(19)27-23(28)14-32-21-12-17(26-13-22(21)30-2)15-33-18-10-8-16(25)9-11-18/h4-13H,3,14-15H2,1-2H3,(H,27,28). The van der Waals surface area contributed by atoms with E-state index >= 15 is 0 Å².